The first-order valence-corrected chi connectivity index (χ1v) is 13.3. The van der Waals surface area contributed by atoms with Gasteiger partial charge in [0.05, 0.1) is 12.0 Å². The molecule has 10 atom stereocenters. The number of nitrogens with zero attached hydrogens (tertiary/aromatic N) is 1. The van der Waals surface area contributed by atoms with Crippen LogP contribution in [0.3, 0.4) is 0 Å². The molecule has 0 saturated heterocycles. The summed E-state index contributed by atoms with van der Waals surface area (Å²) in [6.07, 6.45) is 18.3. The topological polar surface area (TPSA) is 79.2 Å². The van der Waals surface area contributed by atoms with Gasteiger partial charge in [0.2, 0.25) is 5.79 Å². The second-order valence-corrected chi connectivity index (χ2v) is 11.2. The van der Waals surface area contributed by atoms with Gasteiger partial charge in [-0.1, -0.05) is 66.3 Å². The molecule has 2 N–H and O–H groups in total. The van der Waals surface area contributed by atoms with Crippen molar-refractivity contribution in [1.82, 2.24) is 0 Å². The Morgan fingerprint density at radius 2 is 1.94 bits per heavy atom. The molecule has 2 fully saturated rings. The third-order valence-electron chi connectivity index (χ3n) is 9.78. The highest BCUT2D eigenvalue weighted by Crippen LogP contribution is 2.61. The monoisotopic (exact) mass is 487 g/mol. The average molecular weight is 488 g/mol. The number of benzene rings is 1. The summed E-state index contributed by atoms with van der Waals surface area (Å²) in [5.74, 6) is -1.10. The summed E-state index contributed by atoms with van der Waals surface area (Å²) >= 11 is 0. The van der Waals surface area contributed by atoms with E-state index < -0.39 is 5.79 Å². The Hall–Kier alpha value is -2.51. The van der Waals surface area contributed by atoms with Crippen LogP contribution < -0.4 is 4.90 Å². The van der Waals surface area contributed by atoms with Crippen molar-refractivity contribution in [1.29, 1.82) is 0 Å². The molecular weight excluding hydrogens is 454 g/mol. The average Bonchev–Trinajstić information content (AvgIpc) is 3.68. The summed E-state index contributed by atoms with van der Waals surface area (Å²) in [7, 11) is 1.56. The van der Waals surface area contributed by atoms with Crippen LogP contribution in [0.1, 0.15) is 31.2 Å². The lowest BCUT2D eigenvalue weighted by Gasteiger charge is -2.53. The van der Waals surface area contributed by atoms with E-state index in [0.29, 0.717) is 12.2 Å². The maximum atomic E-state index is 14.0. The summed E-state index contributed by atoms with van der Waals surface area (Å²) in [6.45, 7) is 0. The van der Waals surface area contributed by atoms with Gasteiger partial charge in [-0.15, -0.1) is 0 Å². The van der Waals surface area contributed by atoms with E-state index in [1.807, 2.05) is 42.5 Å². The largest absolute Gasteiger partial charge is 0.361 e. The van der Waals surface area contributed by atoms with Gasteiger partial charge < -0.3 is 14.7 Å². The summed E-state index contributed by atoms with van der Waals surface area (Å²) in [6, 6.07) is 7.82. The van der Waals surface area contributed by atoms with Crippen LogP contribution in [-0.4, -0.2) is 41.4 Å². The number of hydrogen-bond acceptors (Lipinski definition) is 6. The van der Waals surface area contributed by atoms with Crippen molar-refractivity contribution >= 4 is 11.5 Å². The number of aliphatic hydroxyl groups is 1. The lowest BCUT2D eigenvalue weighted by Crippen LogP contribution is -2.58. The molecule has 0 bridgehead atoms. The number of carbonyl (C=O) groups excluding carboxylic acids is 1. The molecule has 1 heterocycles. The quantitative estimate of drug-likeness (QED) is 0.285. The number of rotatable bonds is 3. The number of methoxy groups -OCH3 is 1. The first kappa shape index (κ1) is 22.7. The zero-order valence-corrected chi connectivity index (χ0v) is 20.4. The minimum atomic E-state index is -1.42. The van der Waals surface area contributed by atoms with Gasteiger partial charge in [0.1, 0.15) is 11.9 Å². The number of hydrogen-bond donors (Lipinski definition) is 2. The van der Waals surface area contributed by atoms with Crippen LogP contribution in [0, 0.1) is 35.5 Å². The Labute approximate surface area is 211 Å². The number of anilines is 1. The molecule has 2 saturated carbocycles. The van der Waals surface area contributed by atoms with E-state index in [9.17, 15) is 15.2 Å². The van der Waals surface area contributed by atoms with E-state index in [2.05, 4.69) is 29.2 Å². The minimum absolute atomic E-state index is 0.00113. The highest BCUT2D eigenvalue weighted by molar-refractivity contribution is 5.88. The number of carbonyl (C=O) groups is 1. The van der Waals surface area contributed by atoms with Crippen molar-refractivity contribution in [3.8, 4) is 0 Å². The second-order valence-electron chi connectivity index (χ2n) is 11.2. The van der Waals surface area contributed by atoms with Crippen LogP contribution in [0.4, 0.5) is 5.69 Å². The molecule has 36 heavy (non-hydrogen) atoms. The molecule has 7 rings (SSSR count). The van der Waals surface area contributed by atoms with Gasteiger partial charge in [-0.2, -0.15) is 0 Å². The molecule has 0 aromatic heterocycles. The van der Waals surface area contributed by atoms with Crippen LogP contribution in [-0.2, 0) is 20.2 Å². The van der Waals surface area contributed by atoms with E-state index in [-0.39, 0.29) is 53.7 Å². The third-order valence-corrected chi connectivity index (χ3v) is 9.78. The van der Waals surface area contributed by atoms with E-state index in [4.69, 9.17) is 9.62 Å². The fraction of sp³-hybridized carbons (Fsp3) is 0.500. The number of allylic oxidation sites excluding steroid dienone is 4. The first-order chi connectivity index (χ1) is 17.6. The van der Waals surface area contributed by atoms with Crippen molar-refractivity contribution in [2.45, 2.75) is 49.7 Å². The summed E-state index contributed by atoms with van der Waals surface area (Å²) < 4.78 is 5.76. The molecule has 0 radical (unpaired) electrons. The minimum Gasteiger partial charge on any atom is -0.361 e. The standard InChI is InChI=1S/C30H33NO5/c1-35-30(33)22-10-4-6-12-24(22)31(25-13-7-5-11-23(25)30)17-14-15-19-21(16-17)28(32)20-9-3-2-8-18(20)26-27(19)29(26)36-34/h4-8,10-15,17,19-22,24,26-27,29,33-34H,2-3,9,16H2,1H3. The molecule has 0 amide bonds. The van der Waals surface area contributed by atoms with Gasteiger partial charge in [-0.3, -0.25) is 10.1 Å². The van der Waals surface area contributed by atoms with E-state index in [1.54, 1.807) is 7.11 Å². The SMILES string of the molecule is COC1(O)c2ccccc2N(C2C=CC3C(C2)C(=O)C2CCCC=C2C2C(OO)C32)C2C=CC=CC21. The number of ketones is 1. The van der Waals surface area contributed by atoms with Crippen molar-refractivity contribution in [2.24, 2.45) is 35.5 Å². The van der Waals surface area contributed by atoms with Gasteiger partial charge in [0, 0.05) is 48.1 Å². The Morgan fingerprint density at radius 1 is 1.11 bits per heavy atom. The van der Waals surface area contributed by atoms with Crippen LogP contribution in [0.2, 0.25) is 0 Å². The van der Waals surface area contributed by atoms with Gasteiger partial charge in [-0.05, 0) is 37.7 Å². The summed E-state index contributed by atoms with van der Waals surface area (Å²) in [5.41, 5.74) is 2.91. The van der Waals surface area contributed by atoms with E-state index >= 15 is 0 Å². The molecular formula is C30H33NO5. The Balaban J connectivity index is 1.30. The number of para-hydroxylation sites is 1. The second kappa shape index (κ2) is 8.25. The van der Waals surface area contributed by atoms with Crippen LogP contribution >= 0.6 is 0 Å². The van der Waals surface area contributed by atoms with Gasteiger partial charge in [0.25, 0.3) is 0 Å². The summed E-state index contributed by atoms with van der Waals surface area (Å²) in [4.78, 5) is 21.3. The zero-order valence-electron chi connectivity index (χ0n) is 20.4. The van der Waals surface area contributed by atoms with Gasteiger partial charge in [0.15, 0.2) is 0 Å². The molecule has 6 nitrogen and oxygen atoms in total. The molecule has 6 heteroatoms. The molecule has 188 valence electrons. The van der Waals surface area contributed by atoms with Crippen molar-refractivity contribution in [2.75, 3.05) is 12.0 Å². The fourth-order valence-corrected chi connectivity index (χ4v) is 8.15. The normalized spacial score (nSPS) is 44.0. The Morgan fingerprint density at radius 3 is 2.78 bits per heavy atom. The maximum absolute atomic E-state index is 14.0. The number of Topliss-reactive ketones (excluding diaryl/α,β-unsaturated/α-hetero) is 1. The number of fused-ring (bicyclic) bond motifs is 7. The third kappa shape index (κ3) is 3.02. The predicted octanol–water partition coefficient (Wildman–Crippen LogP) is 4.38. The molecule has 10 unspecified atom stereocenters. The fourth-order valence-electron chi connectivity index (χ4n) is 8.15. The molecule has 1 aromatic carbocycles. The van der Waals surface area contributed by atoms with Gasteiger partial charge in [-0.25, -0.2) is 4.89 Å². The van der Waals surface area contributed by atoms with Gasteiger partial charge >= 0.3 is 0 Å². The lowest BCUT2D eigenvalue weighted by atomic mass is 9.71. The van der Waals surface area contributed by atoms with E-state index in [1.165, 1.54) is 5.57 Å². The van der Waals surface area contributed by atoms with E-state index in [0.717, 1.165) is 30.5 Å². The highest BCUT2D eigenvalue weighted by Gasteiger charge is 2.64. The van der Waals surface area contributed by atoms with Crippen molar-refractivity contribution < 1.29 is 24.8 Å². The van der Waals surface area contributed by atoms with Crippen LogP contribution in [0.5, 0.6) is 0 Å². The predicted molar refractivity (Wildman–Crippen MR) is 135 cm³/mol. The molecule has 1 aromatic rings. The number of ether oxygens (including phenoxy) is 1. The Bertz CT molecular complexity index is 1200. The molecule has 5 aliphatic carbocycles. The first-order valence-electron chi connectivity index (χ1n) is 13.3. The maximum Gasteiger partial charge on any atom is 0.202 e. The smallest absolute Gasteiger partial charge is 0.202 e. The molecule has 0 spiro atoms. The van der Waals surface area contributed by atoms with Crippen molar-refractivity contribution in [3.05, 3.63) is 77.9 Å². The van der Waals surface area contributed by atoms with Crippen LogP contribution in [0.15, 0.2) is 72.4 Å². The highest BCUT2D eigenvalue weighted by atomic mass is 17.1. The zero-order chi connectivity index (χ0) is 24.6. The Kier molecular flexibility index (Phi) is 5.20. The summed E-state index contributed by atoms with van der Waals surface area (Å²) in [5, 5.41) is 21.3. The van der Waals surface area contributed by atoms with Crippen LogP contribution in [0.25, 0.3) is 0 Å². The lowest BCUT2D eigenvalue weighted by molar-refractivity contribution is -0.259. The van der Waals surface area contributed by atoms with Crippen molar-refractivity contribution in [3.63, 3.8) is 0 Å². The molecule has 6 aliphatic rings. The molecule has 1 aliphatic heterocycles.